The maximum Gasteiger partial charge on any atom is 0.157 e. The third kappa shape index (κ3) is 5.40. The standard InChI is InChI=1S/C12H22O2/c1-2-3-4-5-6-7-8-9-12-13-10-11-14-12/h2,12H,1,3-11H2. The molecule has 1 fully saturated rings. The average Bonchev–Trinajstić information content (AvgIpc) is 2.69. The van der Waals surface area contributed by atoms with Gasteiger partial charge in [-0.15, -0.1) is 6.58 Å². The highest BCUT2D eigenvalue weighted by Crippen LogP contribution is 2.14. The Hall–Kier alpha value is -0.340. The first-order valence-electron chi connectivity index (χ1n) is 5.77. The molecule has 0 aromatic rings. The summed E-state index contributed by atoms with van der Waals surface area (Å²) in [5.41, 5.74) is 0. The second-order valence-corrected chi connectivity index (χ2v) is 3.80. The fourth-order valence-electron chi connectivity index (χ4n) is 1.70. The van der Waals surface area contributed by atoms with Crippen LogP contribution in [0.1, 0.15) is 44.9 Å². The fourth-order valence-corrected chi connectivity index (χ4v) is 1.70. The molecule has 82 valence electrons. The van der Waals surface area contributed by atoms with Crippen LogP contribution in [0.5, 0.6) is 0 Å². The van der Waals surface area contributed by atoms with Crippen LogP contribution < -0.4 is 0 Å². The van der Waals surface area contributed by atoms with E-state index in [1.807, 2.05) is 6.08 Å². The molecule has 0 unspecified atom stereocenters. The summed E-state index contributed by atoms with van der Waals surface area (Å²) in [6.45, 7) is 5.28. The molecule has 1 aliphatic heterocycles. The summed E-state index contributed by atoms with van der Waals surface area (Å²) in [7, 11) is 0. The van der Waals surface area contributed by atoms with Crippen molar-refractivity contribution < 1.29 is 9.47 Å². The molecule has 1 aliphatic rings. The number of hydrogen-bond donors (Lipinski definition) is 0. The minimum absolute atomic E-state index is 0.100. The lowest BCUT2D eigenvalue weighted by molar-refractivity contribution is -0.0480. The van der Waals surface area contributed by atoms with E-state index >= 15 is 0 Å². The van der Waals surface area contributed by atoms with Crippen LogP contribution in [0.25, 0.3) is 0 Å². The lowest BCUT2D eigenvalue weighted by Crippen LogP contribution is -2.06. The van der Waals surface area contributed by atoms with Crippen LogP contribution in [-0.4, -0.2) is 19.5 Å². The van der Waals surface area contributed by atoms with Gasteiger partial charge in [0.05, 0.1) is 13.2 Å². The van der Waals surface area contributed by atoms with Crippen molar-refractivity contribution in [1.29, 1.82) is 0 Å². The molecule has 2 nitrogen and oxygen atoms in total. The quantitative estimate of drug-likeness (QED) is 0.440. The monoisotopic (exact) mass is 198 g/mol. The number of ether oxygens (including phenoxy) is 2. The summed E-state index contributed by atoms with van der Waals surface area (Å²) in [5, 5.41) is 0. The van der Waals surface area contributed by atoms with Crippen LogP contribution in [0.3, 0.4) is 0 Å². The van der Waals surface area contributed by atoms with E-state index in [0.29, 0.717) is 0 Å². The SMILES string of the molecule is C=CCCCCCCCC1OCCO1. The molecule has 0 bridgehead atoms. The molecule has 1 heterocycles. The lowest BCUT2D eigenvalue weighted by atomic mass is 10.1. The summed E-state index contributed by atoms with van der Waals surface area (Å²) >= 11 is 0. The molecule has 0 atom stereocenters. The van der Waals surface area contributed by atoms with Gasteiger partial charge in [0.2, 0.25) is 0 Å². The van der Waals surface area contributed by atoms with Gasteiger partial charge in [0.15, 0.2) is 6.29 Å². The van der Waals surface area contributed by atoms with Crippen molar-refractivity contribution in [3.05, 3.63) is 12.7 Å². The number of hydrogen-bond acceptors (Lipinski definition) is 2. The molecular formula is C12H22O2. The average molecular weight is 198 g/mol. The fraction of sp³-hybridized carbons (Fsp3) is 0.833. The van der Waals surface area contributed by atoms with Gasteiger partial charge in [-0.2, -0.15) is 0 Å². The summed E-state index contributed by atoms with van der Waals surface area (Å²) in [6, 6.07) is 0. The van der Waals surface area contributed by atoms with Gasteiger partial charge in [-0.05, 0) is 25.7 Å². The Balaban J connectivity index is 1.77. The van der Waals surface area contributed by atoms with Gasteiger partial charge in [-0.25, -0.2) is 0 Å². The van der Waals surface area contributed by atoms with Crippen molar-refractivity contribution >= 4 is 0 Å². The second kappa shape index (κ2) is 8.01. The van der Waals surface area contributed by atoms with E-state index in [0.717, 1.165) is 26.1 Å². The van der Waals surface area contributed by atoms with Crippen molar-refractivity contribution in [2.45, 2.75) is 51.2 Å². The predicted octanol–water partition coefficient (Wildman–Crippen LogP) is 3.28. The van der Waals surface area contributed by atoms with Gasteiger partial charge in [0.1, 0.15) is 0 Å². The first-order valence-corrected chi connectivity index (χ1v) is 5.77. The van der Waals surface area contributed by atoms with Gasteiger partial charge in [-0.3, -0.25) is 0 Å². The van der Waals surface area contributed by atoms with Crippen LogP contribution in [0.4, 0.5) is 0 Å². The maximum atomic E-state index is 5.36. The Bertz CT molecular complexity index is 139. The minimum atomic E-state index is 0.100. The maximum absolute atomic E-state index is 5.36. The predicted molar refractivity (Wildman–Crippen MR) is 58.2 cm³/mol. The molecule has 2 heteroatoms. The van der Waals surface area contributed by atoms with Crippen molar-refractivity contribution in [2.24, 2.45) is 0 Å². The van der Waals surface area contributed by atoms with Crippen molar-refractivity contribution in [2.75, 3.05) is 13.2 Å². The van der Waals surface area contributed by atoms with Crippen LogP contribution in [0, 0.1) is 0 Å². The largest absolute Gasteiger partial charge is 0.350 e. The van der Waals surface area contributed by atoms with Gasteiger partial charge in [0, 0.05) is 0 Å². The second-order valence-electron chi connectivity index (χ2n) is 3.80. The summed E-state index contributed by atoms with van der Waals surface area (Å²) in [6.07, 6.45) is 10.8. The van der Waals surface area contributed by atoms with Crippen molar-refractivity contribution in [1.82, 2.24) is 0 Å². The van der Waals surface area contributed by atoms with Crippen LogP contribution in [-0.2, 0) is 9.47 Å². The highest BCUT2D eigenvalue weighted by Gasteiger charge is 2.14. The van der Waals surface area contributed by atoms with Gasteiger partial charge in [0.25, 0.3) is 0 Å². The van der Waals surface area contributed by atoms with E-state index in [4.69, 9.17) is 9.47 Å². The molecule has 0 aliphatic carbocycles. The molecule has 14 heavy (non-hydrogen) atoms. The molecule has 1 saturated heterocycles. The Morgan fingerprint density at radius 3 is 2.36 bits per heavy atom. The highest BCUT2D eigenvalue weighted by atomic mass is 16.7. The van der Waals surface area contributed by atoms with E-state index < -0.39 is 0 Å². The molecular weight excluding hydrogens is 176 g/mol. The Kier molecular flexibility index (Phi) is 6.71. The normalized spacial score (nSPS) is 17.4. The van der Waals surface area contributed by atoms with Gasteiger partial charge < -0.3 is 9.47 Å². The first kappa shape index (κ1) is 11.7. The van der Waals surface area contributed by atoms with Gasteiger partial charge >= 0.3 is 0 Å². The number of allylic oxidation sites excluding steroid dienone is 1. The summed E-state index contributed by atoms with van der Waals surface area (Å²) < 4.78 is 10.7. The van der Waals surface area contributed by atoms with E-state index in [1.165, 1.54) is 32.1 Å². The number of rotatable bonds is 8. The Labute approximate surface area is 87.3 Å². The van der Waals surface area contributed by atoms with E-state index in [2.05, 4.69) is 6.58 Å². The molecule has 0 aromatic heterocycles. The highest BCUT2D eigenvalue weighted by molar-refractivity contribution is 4.65. The van der Waals surface area contributed by atoms with Crippen molar-refractivity contribution in [3.8, 4) is 0 Å². The Morgan fingerprint density at radius 2 is 1.64 bits per heavy atom. The minimum Gasteiger partial charge on any atom is -0.350 e. The zero-order chi connectivity index (χ0) is 10.1. The first-order chi connectivity index (χ1) is 6.93. The third-order valence-corrected chi connectivity index (χ3v) is 2.54. The summed E-state index contributed by atoms with van der Waals surface area (Å²) in [4.78, 5) is 0. The molecule has 0 radical (unpaired) electrons. The molecule has 0 spiro atoms. The van der Waals surface area contributed by atoms with Crippen molar-refractivity contribution in [3.63, 3.8) is 0 Å². The smallest absolute Gasteiger partial charge is 0.157 e. The van der Waals surface area contributed by atoms with Crippen LogP contribution >= 0.6 is 0 Å². The van der Waals surface area contributed by atoms with E-state index in [1.54, 1.807) is 0 Å². The van der Waals surface area contributed by atoms with E-state index in [9.17, 15) is 0 Å². The molecule has 0 amide bonds. The third-order valence-electron chi connectivity index (χ3n) is 2.54. The van der Waals surface area contributed by atoms with Crippen LogP contribution in [0.2, 0.25) is 0 Å². The molecule has 1 rings (SSSR count). The van der Waals surface area contributed by atoms with Gasteiger partial charge in [-0.1, -0.05) is 25.3 Å². The zero-order valence-electron chi connectivity index (χ0n) is 9.04. The van der Waals surface area contributed by atoms with Crippen LogP contribution in [0.15, 0.2) is 12.7 Å². The lowest BCUT2D eigenvalue weighted by Gasteiger charge is -2.07. The Morgan fingerprint density at radius 1 is 1.00 bits per heavy atom. The topological polar surface area (TPSA) is 18.5 Å². The number of unbranched alkanes of at least 4 members (excludes halogenated alkanes) is 5. The zero-order valence-corrected chi connectivity index (χ0v) is 9.04. The molecule has 0 saturated carbocycles. The molecule has 0 aromatic carbocycles. The summed E-state index contributed by atoms with van der Waals surface area (Å²) in [5.74, 6) is 0. The molecule has 0 N–H and O–H groups in total. The van der Waals surface area contributed by atoms with E-state index in [-0.39, 0.29) is 6.29 Å².